The molecule has 1 saturated heterocycles. The number of hydrogen-bond donors (Lipinski definition) is 1. The number of aromatic amines is 1. The summed E-state index contributed by atoms with van der Waals surface area (Å²) in [6.45, 7) is 1.16. The molecule has 1 aromatic carbocycles. The number of pyridine rings is 1. The molecule has 4 aromatic rings. The summed E-state index contributed by atoms with van der Waals surface area (Å²) in [5, 5.41) is 15.8. The fourth-order valence-electron chi connectivity index (χ4n) is 4.26. The Bertz CT molecular complexity index is 1310. The quantitative estimate of drug-likeness (QED) is 0.454. The van der Waals surface area contributed by atoms with Crippen LogP contribution in [-0.2, 0) is 11.3 Å². The molecule has 5 rings (SSSR count). The average molecular weight is 450 g/mol. The van der Waals surface area contributed by atoms with Crippen LogP contribution in [0.4, 0.5) is 0 Å². The highest BCUT2D eigenvalue weighted by molar-refractivity contribution is 7.71. The first kappa shape index (κ1) is 20.4. The van der Waals surface area contributed by atoms with E-state index in [0.717, 1.165) is 35.6 Å². The highest BCUT2D eigenvalue weighted by Gasteiger charge is 2.33. The summed E-state index contributed by atoms with van der Waals surface area (Å²) < 4.78 is 9.55. The number of nitrogens with one attached hydrogen (secondary N) is 1. The monoisotopic (exact) mass is 449 g/mol. The number of likely N-dealkylation sites (tertiary alicyclic amines) is 1. The van der Waals surface area contributed by atoms with Crippen LogP contribution in [0.15, 0.2) is 48.7 Å². The highest BCUT2D eigenvalue weighted by Crippen LogP contribution is 2.32. The topological polar surface area (TPSA) is 93.3 Å². The largest absolute Gasteiger partial charge is 0.497 e. The smallest absolute Gasteiger partial charge is 0.224 e. The van der Waals surface area contributed by atoms with Gasteiger partial charge in [-0.05, 0) is 61.5 Å². The second kappa shape index (κ2) is 8.54. The van der Waals surface area contributed by atoms with Crippen LogP contribution in [-0.4, -0.2) is 53.8 Å². The van der Waals surface area contributed by atoms with Crippen molar-refractivity contribution in [1.29, 1.82) is 0 Å². The molecule has 1 atom stereocenters. The predicted molar refractivity (Wildman–Crippen MR) is 121 cm³/mol. The number of rotatable bonds is 6. The lowest BCUT2D eigenvalue weighted by Crippen LogP contribution is -2.32. The Morgan fingerprint density at radius 3 is 2.88 bits per heavy atom. The highest BCUT2D eigenvalue weighted by atomic mass is 32.1. The van der Waals surface area contributed by atoms with Crippen molar-refractivity contribution in [2.45, 2.75) is 31.8 Å². The van der Waals surface area contributed by atoms with Crippen LogP contribution in [0.1, 0.15) is 31.1 Å². The molecule has 0 bridgehead atoms. The van der Waals surface area contributed by atoms with E-state index < -0.39 is 0 Å². The molecule has 0 aliphatic carbocycles. The van der Waals surface area contributed by atoms with Gasteiger partial charge in [-0.3, -0.25) is 18.9 Å². The zero-order valence-corrected chi connectivity index (χ0v) is 18.5. The fraction of sp³-hybridized carbons (Fsp3) is 0.318. The van der Waals surface area contributed by atoms with Gasteiger partial charge in [0.2, 0.25) is 5.91 Å². The van der Waals surface area contributed by atoms with Gasteiger partial charge in [0.1, 0.15) is 5.75 Å². The van der Waals surface area contributed by atoms with E-state index >= 15 is 0 Å². The van der Waals surface area contributed by atoms with Gasteiger partial charge in [-0.15, -0.1) is 10.2 Å². The number of carbonyl (C=O) groups is 1. The lowest BCUT2D eigenvalue weighted by molar-refractivity contribution is -0.132. The minimum Gasteiger partial charge on any atom is -0.497 e. The third kappa shape index (κ3) is 3.66. The van der Waals surface area contributed by atoms with Crippen molar-refractivity contribution in [2.24, 2.45) is 0 Å². The van der Waals surface area contributed by atoms with Crippen molar-refractivity contribution >= 4 is 23.8 Å². The zero-order chi connectivity index (χ0) is 22.1. The lowest BCUT2D eigenvalue weighted by Gasteiger charge is -2.23. The van der Waals surface area contributed by atoms with Crippen molar-refractivity contribution in [3.8, 4) is 17.1 Å². The number of H-pyrrole nitrogens is 1. The van der Waals surface area contributed by atoms with Gasteiger partial charge < -0.3 is 9.64 Å². The maximum absolute atomic E-state index is 13.2. The standard InChI is InChI=1S/C22H23N7O2S/c1-31-16-9-7-15(8-10-16)20-24-26-22(32)29(20)14-11-19(30)27-13-4-5-17(27)21-25-23-18-6-2-3-12-28(18)21/h2-3,6-10,12,17H,4-5,11,13-14H2,1H3,(H,26,32). The van der Waals surface area contributed by atoms with Crippen LogP contribution in [0.25, 0.3) is 17.0 Å². The number of benzene rings is 1. The SMILES string of the molecule is COc1ccc(-c2n[nH]c(=S)n2CCC(=O)N2CCCC2c2nnc3ccccn23)cc1. The summed E-state index contributed by atoms with van der Waals surface area (Å²) in [6, 6.07) is 13.3. The van der Waals surface area contributed by atoms with Gasteiger partial charge in [0.25, 0.3) is 0 Å². The molecule has 1 unspecified atom stereocenters. The number of fused-ring (bicyclic) bond motifs is 1. The maximum Gasteiger partial charge on any atom is 0.224 e. The molecule has 1 fully saturated rings. The normalized spacial score (nSPS) is 16.0. The summed E-state index contributed by atoms with van der Waals surface area (Å²) in [7, 11) is 1.63. The minimum atomic E-state index is -0.0710. The number of nitrogens with zero attached hydrogens (tertiary/aromatic N) is 6. The molecule has 9 nitrogen and oxygen atoms in total. The minimum absolute atomic E-state index is 0.0710. The van der Waals surface area contributed by atoms with Crippen molar-refractivity contribution in [1.82, 2.24) is 34.3 Å². The second-order valence-corrected chi connectivity index (χ2v) is 8.10. The molecule has 1 N–H and O–H groups in total. The Morgan fingerprint density at radius 1 is 1.22 bits per heavy atom. The molecular weight excluding hydrogens is 426 g/mol. The summed E-state index contributed by atoms with van der Waals surface area (Å²) in [6.07, 6.45) is 4.09. The first-order chi connectivity index (χ1) is 15.7. The van der Waals surface area contributed by atoms with Crippen LogP contribution in [0, 0.1) is 4.77 Å². The average Bonchev–Trinajstić information content (AvgIpc) is 3.55. The van der Waals surface area contributed by atoms with E-state index in [2.05, 4.69) is 20.4 Å². The third-order valence-electron chi connectivity index (χ3n) is 5.87. The number of hydrogen-bond acceptors (Lipinski definition) is 6. The van der Waals surface area contributed by atoms with Crippen LogP contribution >= 0.6 is 12.2 Å². The van der Waals surface area contributed by atoms with E-state index in [9.17, 15) is 4.79 Å². The van der Waals surface area contributed by atoms with E-state index in [-0.39, 0.29) is 11.9 Å². The molecule has 4 heterocycles. The van der Waals surface area contributed by atoms with Crippen molar-refractivity contribution in [2.75, 3.05) is 13.7 Å². The molecule has 0 radical (unpaired) electrons. The Kier molecular flexibility index (Phi) is 5.44. The van der Waals surface area contributed by atoms with Gasteiger partial charge in [0.15, 0.2) is 22.1 Å². The molecule has 164 valence electrons. The second-order valence-electron chi connectivity index (χ2n) is 7.71. The van der Waals surface area contributed by atoms with Gasteiger partial charge in [-0.2, -0.15) is 5.10 Å². The summed E-state index contributed by atoms with van der Waals surface area (Å²) in [5.74, 6) is 2.35. The predicted octanol–water partition coefficient (Wildman–Crippen LogP) is 3.41. The third-order valence-corrected chi connectivity index (χ3v) is 6.18. The zero-order valence-electron chi connectivity index (χ0n) is 17.6. The van der Waals surface area contributed by atoms with Crippen LogP contribution in [0.5, 0.6) is 5.75 Å². The molecular formula is C22H23N7O2S. The number of carbonyl (C=O) groups excluding carboxylic acids is 1. The summed E-state index contributed by atoms with van der Waals surface area (Å²) in [4.78, 5) is 15.1. The van der Waals surface area contributed by atoms with Gasteiger partial charge in [0.05, 0.1) is 13.2 Å². The van der Waals surface area contributed by atoms with Gasteiger partial charge in [-0.1, -0.05) is 6.07 Å². The fourth-order valence-corrected chi connectivity index (χ4v) is 4.48. The molecule has 0 spiro atoms. The number of amides is 1. The Labute approximate surface area is 189 Å². The van der Waals surface area contributed by atoms with Gasteiger partial charge in [0, 0.05) is 31.3 Å². The molecule has 10 heteroatoms. The van der Waals surface area contributed by atoms with E-state index in [1.807, 2.05) is 62.5 Å². The molecule has 1 aliphatic rings. The van der Waals surface area contributed by atoms with Crippen molar-refractivity contribution in [3.05, 3.63) is 59.3 Å². The van der Waals surface area contributed by atoms with Crippen LogP contribution in [0.2, 0.25) is 0 Å². The lowest BCUT2D eigenvalue weighted by atomic mass is 10.2. The Balaban J connectivity index is 1.34. The van der Waals surface area contributed by atoms with Crippen molar-refractivity contribution in [3.63, 3.8) is 0 Å². The summed E-state index contributed by atoms with van der Waals surface area (Å²) >= 11 is 5.42. The molecule has 3 aromatic heterocycles. The maximum atomic E-state index is 13.2. The molecule has 0 saturated carbocycles. The molecule has 1 aliphatic heterocycles. The van der Waals surface area contributed by atoms with E-state index in [1.54, 1.807) is 7.11 Å². The first-order valence-corrected chi connectivity index (χ1v) is 11.0. The number of methoxy groups -OCH3 is 1. The van der Waals surface area contributed by atoms with Crippen molar-refractivity contribution < 1.29 is 9.53 Å². The van der Waals surface area contributed by atoms with E-state index in [0.29, 0.717) is 30.1 Å². The Morgan fingerprint density at radius 2 is 2.06 bits per heavy atom. The van der Waals surface area contributed by atoms with Crippen LogP contribution < -0.4 is 4.74 Å². The number of ether oxygens (including phenoxy) is 1. The van der Waals surface area contributed by atoms with Crippen LogP contribution in [0.3, 0.4) is 0 Å². The van der Waals surface area contributed by atoms with E-state index in [1.165, 1.54) is 0 Å². The number of aromatic nitrogens is 6. The molecule has 32 heavy (non-hydrogen) atoms. The van der Waals surface area contributed by atoms with E-state index in [4.69, 9.17) is 17.0 Å². The Hall–Kier alpha value is -3.53. The van der Waals surface area contributed by atoms with Gasteiger partial charge in [-0.25, -0.2) is 0 Å². The first-order valence-electron chi connectivity index (χ1n) is 10.5. The van der Waals surface area contributed by atoms with Gasteiger partial charge >= 0.3 is 0 Å². The molecule has 1 amide bonds. The summed E-state index contributed by atoms with van der Waals surface area (Å²) in [5.41, 5.74) is 1.69.